The van der Waals surface area contributed by atoms with Gasteiger partial charge in [0.05, 0.1) is 6.61 Å². The number of rotatable bonds is 4. The van der Waals surface area contributed by atoms with Crippen LogP contribution in [0.4, 0.5) is 0 Å². The standard InChI is InChI=1S/C11H16N2O2/c1-3-15-10-6-8(2)4-5-9(10)7-11(12)13-14/h4-6,14H,3,7H2,1-2H3,(H2,12,13). The zero-order valence-corrected chi connectivity index (χ0v) is 9.03. The average molecular weight is 208 g/mol. The molecule has 0 aliphatic heterocycles. The average Bonchev–Trinajstić information content (AvgIpc) is 2.22. The van der Waals surface area contributed by atoms with Crippen LogP contribution < -0.4 is 10.5 Å². The van der Waals surface area contributed by atoms with Gasteiger partial charge in [0.15, 0.2) is 0 Å². The number of ether oxygens (including phenoxy) is 1. The van der Waals surface area contributed by atoms with E-state index in [1.165, 1.54) is 0 Å². The molecule has 15 heavy (non-hydrogen) atoms. The molecule has 0 amide bonds. The van der Waals surface area contributed by atoms with Crippen LogP contribution in [-0.2, 0) is 6.42 Å². The quantitative estimate of drug-likeness (QED) is 0.342. The molecule has 0 spiro atoms. The Labute approximate surface area is 89.4 Å². The number of hydrogen-bond donors (Lipinski definition) is 2. The van der Waals surface area contributed by atoms with E-state index in [9.17, 15) is 0 Å². The fraction of sp³-hybridized carbons (Fsp3) is 0.364. The maximum atomic E-state index is 8.49. The highest BCUT2D eigenvalue weighted by Crippen LogP contribution is 2.20. The lowest BCUT2D eigenvalue weighted by atomic mass is 10.1. The molecule has 0 saturated carbocycles. The fourth-order valence-electron chi connectivity index (χ4n) is 1.33. The second-order valence-electron chi connectivity index (χ2n) is 3.31. The molecule has 1 rings (SSSR count). The van der Waals surface area contributed by atoms with Gasteiger partial charge in [-0.15, -0.1) is 0 Å². The third-order valence-corrected chi connectivity index (χ3v) is 2.02. The Hall–Kier alpha value is -1.71. The summed E-state index contributed by atoms with van der Waals surface area (Å²) < 4.78 is 5.47. The van der Waals surface area contributed by atoms with Gasteiger partial charge in [-0.25, -0.2) is 0 Å². The van der Waals surface area contributed by atoms with E-state index in [2.05, 4.69) is 5.16 Å². The first-order chi connectivity index (χ1) is 7.17. The van der Waals surface area contributed by atoms with Gasteiger partial charge < -0.3 is 15.7 Å². The van der Waals surface area contributed by atoms with E-state index in [4.69, 9.17) is 15.7 Å². The molecule has 0 atom stereocenters. The molecule has 0 bridgehead atoms. The summed E-state index contributed by atoms with van der Waals surface area (Å²) in [5, 5.41) is 11.4. The molecule has 1 aromatic rings. The van der Waals surface area contributed by atoms with Crippen molar-refractivity contribution < 1.29 is 9.94 Å². The van der Waals surface area contributed by atoms with E-state index in [0.717, 1.165) is 16.9 Å². The minimum atomic E-state index is 0.180. The molecule has 0 fully saturated rings. The maximum Gasteiger partial charge on any atom is 0.143 e. The maximum absolute atomic E-state index is 8.49. The van der Waals surface area contributed by atoms with Gasteiger partial charge in [0.25, 0.3) is 0 Å². The van der Waals surface area contributed by atoms with E-state index in [-0.39, 0.29) is 5.84 Å². The van der Waals surface area contributed by atoms with Gasteiger partial charge in [-0.1, -0.05) is 17.3 Å². The normalized spacial score (nSPS) is 11.5. The van der Waals surface area contributed by atoms with E-state index < -0.39 is 0 Å². The predicted octanol–water partition coefficient (Wildman–Crippen LogP) is 1.68. The second kappa shape index (κ2) is 5.24. The minimum absolute atomic E-state index is 0.180. The molecule has 0 aliphatic carbocycles. The highest BCUT2D eigenvalue weighted by Gasteiger charge is 2.05. The Balaban J connectivity index is 2.95. The summed E-state index contributed by atoms with van der Waals surface area (Å²) in [5.41, 5.74) is 7.51. The van der Waals surface area contributed by atoms with Crippen molar-refractivity contribution in [3.05, 3.63) is 29.3 Å². The minimum Gasteiger partial charge on any atom is -0.494 e. The second-order valence-corrected chi connectivity index (χ2v) is 3.31. The molecular formula is C11H16N2O2. The highest BCUT2D eigenvalue weighted by atomic mass is 16.5. The van der Waals surface area contributed by atoms with Crippen molar-refractivity contribution in [1.82, 2.24) is 0 Å². The summed E-state index contributed by atoms with van der Waals surface area (Å²) >= 11 is 0. The van der Waals surface area contributed by atoms with Crippen LogP contribution in [0.15, 0.2) is 23.4 Å². The van der Waals surface area contributed by atoms with Crippen molar-refractivity contribution in [2.24, 2.45) is 10.9 Å². The third-order valence-electron chi connectivity index (χ3n) is 2.02. The van der Waals surface area contributed by atoms with Gasteiger partial charge in [0, 0.05) is 12.0 Å². The van der Waals surface area contributed by atoms with Gasteiger partial charge in [0.1, 0.15) is 11.6 Å². The van der Waals surface area contributed by atoms with E-state index in [1.807, 2.05) is 32.0 Å². The fourth-order valence-corrected chi connectivity index (χ4v) is 1.33. The van der Waals surface area contributed by atoms with Crippen molar-refractivity contribution in [1.29, 1.82) is 0 Å². The molecule has 4 heteroatoms. The van der Waals surface area contributed by atoms with Crippen LogP contribution in [0, 0.1) is 6.92 Å². The monoisotopic (exact) mass is 208 g/mol. The number of amidine groups is 1. The zero-order chi connectivity index (χ0) is 11.3. The molecule has 3 N–H and O–H groups in total. The number of nitrogens with zero attached hydrogens (tertiary/aromatic N) is 1. The topological polar surface area (TPSA) is 67.8 Å². The van der Waals surface area contributed by atoms with Gasteiger partial charge in [-0.05, 0) is 25.5 Å². The summed E-state index contributed by atoms with van der Waals surface area (Å²) in [6.07, 6.45) is 0.395. The Bertz CT molecular complexity index is 362. The number of hydrogen-bond acceptors (Lipinski definition) is 3. The Kier molecular flexibility index (Phi) is 3.97. The largest absolute Gasteiger partial charge is 0.494 e. The number of benzene rings is 1. The summed E-state index contributed by atoms with van der Waals surface area (Å²) in [7, 11) is 0. The summed E-state index contributed by atoms with van der Waals surface area (Å²) in [6.45, 7) is 4.53. The van der Waals surface area contributed by atoms with Crippen LogP contribution >= 0.6 is 0 Å². The Morgan fingerprint density at radius 1 is 1.53 bits per heavy atom. The van der Waals surface area contributed by atoms with Crippen LogP contribution in [0.25, 0.3) is 0 Å². The Morgan fingerprint density at radius 3 is 2.87 bits per heavy atom. The molecular weight excluding hydrogens is 192 g/mol. The summed E-state index contributed by atoms with van der Waals surface area (Å²) in [5.74, 6) is 0.976. The van der Waals surface area contributed by atoms with Crippen molar-refractivity contribution in [2.45, 2.75) is 20.3 Å². The van der Waals surface area contributed by atoms with E-state index >= 15 is 0 Å². The molecule has 4 nitrogen and oxygen atoms in total. The van der Waals surface area contributed by atoms with Crippen LogP contribution in [0.1, 0.15) is 18.1 Å². The van der Waals surface area contributed by atoms with Crippen LogP contribution in [0.5, 0.6) is 5.75 Å². The Morgan fingerprint density at radius 2 is 2.27 bits per heavy atom. The number of nitrogens with two attached hydrogens (primary N) is 1. The van der Waals surface area contributed by atoms with Crippen molar-refractivity contribution in [3.8, 4) is 5.75 Å². The lowest BCUT2D eigenvalue weighted by Gasteiger charge is -2.10. The molecule has 82 valence electrons. The van der Waals surface area contributed by atoms with Gasteiger partial charge in [-0.2, -0.15) is 0 Å². The van der Waals surface area contributed by atoms with E-state index in [1.54, 1.807) is 0 Å². The lowest BCUT2D eigenvalue weighted by molar-refractivity contribution is 0.316. The molecule has 0 saturated heterocycles. The number of aryl methyl sites for hydroxylation is 1. The smallest absolute Gasteiger partial charge is 0.143 e. The highest BCUT2D eigenvalue weighted by molar-refractivity contribution is 5.82. The van der Waals surface area contributed by atoms with Gasteiger partial charge in [0.2, 0.25) is 0 Å². The molecule has 0 aliphatic rings. The zero-order valence-electron chi connectivity index (χ0n) is 9.03. The van der Waals surface area contributed by atoms with E-state index in [0.29, 0.717) is 13.0 Å². The molecule has 1 aromatic carbocycles. The van der Waals surface area contributed by atoms with Crippen LogP contribution in [0.3, 0.4) is 0 Å². The van der Waals surface area contributed by atoms with Crippen molar-refractivity contribution in [2.75, 3.05) is 6.61 Å². The molecule has 0 radical (unpaired) electrons. The molecule has 0 heterocycles. The molecule has 0 unspecified atom stereocenters. The first kappa shape index (κ1) is 11.4. The predicted molar refractivity (Wildman–Crippen MR) is 59.5 cm³/mol. The number of oxime groups is 1. The molecule has 0 aromatic heterocycles. The first-order valence-electron chi connectivity index (χ1n) is 4.86. The van der Waals surface area contributed by atoms with Gasteiger partial charge >= 0.3 is 0 Å². The van der Waals surface area contributed by atoms with Crippen molar-refractivity contribution in [3.63, 3.8) is 0 Å². The van der Waals surface area contributed by atoms with Crippen LogP contribution in [-0.4, -0.2) is 17.6 Å². The van der Waals surface area contributed by atoms with Crippen LogP contribution in [0.2, 0.25) is 0 Å². The van der Waals surface area contributed by atoms with Gasteiger partial charge in [-0.3, -0.25) is 0 Å². The summed E-state index contributed by atoms with van der Waals surface area (Å²) in [4.78, 5) is 0. The summed E-state index contributed by atoms with van der Waals surface area (Å²) in [6, 6.07) is 5.85. The third kappa shape index (κ3) is 3.16. The van der Waals surface area contributed by atoms with Crippen molar-refractivity contribution >= 4 is 5.84 Å². The lowest BCUT2D eigenvalue weighted by Crippen LogP contribution is -2.15. The first-order valence-corrected chi connectivity index (χ1v) is 4.86. The SMILES string of the molecule is CCOc1cc(C)ccc1C/C(N)=N/O.